The van der Waals surface area contributed by atoms with Crippen LogP contribution in [0.25, 0.3) is 33.3 Å². The first-order valence-electron chi connectivity index (χ1n) is 10.3. The molecule has 0 spiro atoms. The number of non-ortho nitro benzene ring substituents is 1. The predicted molar refractivity (Wildman–Crippen MR) is 141 cm³/mol. The number of hydrogen-bond donors (Lipinski definition) is 2. The topological polar surface area (TPSA) is 110 Å². The second-order valence-electron chi connectivity index (χ2n) is 7.55. The first-order valence-corrected chi connectivity index (χ1v) is 11.5. The fourth-order valence-corrected chi connectivity index (χ4v) is 4.36. The largest absolute Gasteiger partial charge is 0.436 e. The number of carbonyl (C=O) groups is 1. The number of benzene rings is 4. The highest BCUT2D eigenvalue weighted by molar-refractivity contribution is 9.10. The van der Waals surface area contributed by atoms with Crippen LogP contribution in [0.1, 0.15) is 10.4 Å². The molecule has 5 aromatic rings. The highest BCUT2D eigenvalue weighted by Crippen LogP contribution is 2.34. The lowest BCUT2D eigenvalue weighted by atomic mass is 10.0. The van der Waals surface area contributed by atoms with E-state index in [2.05, 4.69) is 31.5 Å². The van der Waals surface area contributed by atoms with Crippen molar-refractivity contribution in [1.29, 1.82) is 0 Å². The van der Waals surface area contributed by atoms with Gasteiger partial charge in [-0.1, -0.05) is 40.2 Å². The van der Waals surface area contributed by atoms with Gasteiger partial charge in [-0.3, -0.25) is 20.2 Å². The number of halogens is 1. The van der Waals surface area contributed by atoms with Gasteiger partial charge >= 0.3 is 0 Å². The maximum absolute atomic E-state index is 12.4. The molecule has 10 heteroatoms. The fourth-order valence-electron chi connectivity index (χ4n) is 3.65. The van der Waals surface area contributed by atoms with Crippen molar-refractivity contribution in [2.75, 3.05) is 5.32 Å². The predicted octanol–water partition coefficient (Wildman–Crippen LogP) is 6.45. The van der Waals surface area contributed by atoms with Crippen LogP contribution >= 0.6 is 28.1 Å². The van der Waals surface area contributed by atoms with E-state index in [-0.39, 0.29) is 16.4 Å². The first-order chi connectivity index (χ1) is 16.9. The molecule has 1 heterocycles. The summed E-state index contributed by atoms with van der Waals surface area (Å²) in [5, 5.41) is 18.4. The Labute approximate surface area is 212 Å². The van der Waals surface area contributed by atoms with Gasteiger partial charge < -0.3 is 9.73 Å². The summed E-state index contributed by atoms with van der Waals surface area (Å²) >= 11 is 8.83. The maximum Gasteiger partial charge on any atom is 0.269 e. The van der Waals surface area contributed by atoms with Gasteiger partial charge in [-0.05, 0) is 65.5 Å². The van der Waals surface area contributed by atoms with E-state index in [0.717, 1.165) is 20.8 Å². The number of oxazole rings is 1. The zero-order valence-electron chi connectivity index (χ0n) is 17.8. The zero-order valence-corrected chi connectivity index (χ0v) is 20.2. The molecule has 4 aromatic carbocycles. The average molecular weight is 547 g/mol. The molecule has 0 atom stereocenters. The van der Waals surface area contributed by atoms with E-state index >= 15 is 0 Å². The number of fused-ring (bicyclic) bond motifs is 2. The van der Waals surface area contributed by atoms with Gasteiger partial charge in [-0.25, -0.2) is 4.98 Å². The molecule has 0 aliphatic rings. The number of amides is 1. The van der Waals surface area contributed by atoms with Crippen LogP contribution in [0, 0.1) is 10.1 Å². The van der Waals surface area contributed by atoms with Gasteiger partial charge in [0.2, 0.25) is 5.89 Å². The van der Waals surface area contributed by atoms with Crippen LogP contribution in [-0.2, 0) is 0 Å². The van der Waals surface area contributed by atoms with Gasteiger partial charge in [0.1, 0.15) is 5.52 Å². The number of nitro groups is 1. The molecule has 0 radical (unpaired) electrons. The summed E-state index contributed by atoms with van der Waals surface area (Å²) < 4.78 is 7.00. The molecule has 1 aromatic heterocycles. The van der Waals surface area contributed by atoms with Crippen molar-refractivity contribution >= 4 is 72.4 Å². The Kier molecular flexibility index (Phi) is 5.98. The summed E-state index contributed by atoms with van der Waals surface area (Å²) in [6.07, 6.45) is 0. The third-order valence-corrected chi connectivity index (χ3v) is 6.21. The molecule has 0 saturated heterocycles. The molecule has 0 fully saturated rings. The van der Waals surface area contributed by atoms with Crippen LogP contribution in [0.3, 0.4) is 0 Å². The van der Waals surface area contributed by atoms with E-state index in [1.54, 1.807) is 18.2 Å². The molecular formula is C25H15BrN4O4S. The van der Waals surface area contributed by atoms with E-state index in [9.17, 15) is 14.9 Å². The molecule has 0 aliphatic heterocycles. The van der Waals surface area contributed by atoms with Gasteiger partial charge in [-0.15, -0.1) is 0 Å². The zero-order chi connectivity index (χ0) is 24.5. The number of nitro benzene ring substituents is 1. The molecular weight excluding hydrogens is 532 g/mol. The lowest BCUT2D eigenvalue weighted by Gasteiger charge is -2.09. The van der Waals surface area contributed by atoms with Crippen LogP contribution in [-0.4, -0.2) is 20.9 Å². The molecule has 1 amide bonds. The second-order valence-corrected chi connectivity index (χ2v) is 8.82. The summed E-state index contributed by atoms with van der Waals surface area (Å²) in [6, 6.07) is 22.5. The van der Waals surface area contributed by atoms with E-state index in [4.69, 9.17) is 16.6 Å². The van der Waals surface area contributed by atoms with Crippen LogP contribution in [0.2, 0.25) is 0 Å². The monoisotopic (exact) mass is 546 g/mol. The molecule has 172 valence electrons. The standard InChI is InChI=1S/C25H15BrN4O4S/c26-20-6-2-3-17-18(20)4-1-5-19(17)24-28-21-13-15(9-12-22(21)34-24)27-25(35)29-23(31)14-7-10-16(11-8-14)30(32)33/h1-13H,(H2,27,29,31,35). The average Bonchev–Trinajstić information content (AvgIpc) is 3.27. The third kappa shape index (κ3) is 4.61. The molecule has 0 bridgehead atoms. The minimum Gasteiger partial charge on any atom is -0.436 e. The third-order valence-electron chi connectivity index (χ3n) is 5.31. The summed E-state index contributed by atoms with van der Waals surface area (Å²) in [6.45, 7) is 0. The molecule has 0 unspecified atom stereocenters. The van der Waals surface area contributed by atoms with Crippen molar-refractivity contribution in [3.8, 4) is 11.5 Å². The summed E-state index contributed by atoms with van der Waals surface area (Å²) in [4.78, 5) is 27.3. The van der Waals surface area contributed by atoms with Gasteiger partial charge in [-0.2, -0.15) is 0 Å². The van der Waals surface area contributed by atoms with Crippen LogP contribution < -0.4 is 10.6 Å². The van der Waals surface area contributed by atoms with Crippen LogP contribution in [0.4, 0.5) is 11.4 Å². The smallest absolute Gasteiger partial charge is 0.269 e. The minimum atomic E-state index is -0.529. The number of carbonyl (C=O) groups excluding carboxylic acids is 1. The van der Waals surface area contributed by atoms with Gasteiger partial charge in [0.05, 0.1) is 4.92 Å². The van der Waals surface area contributed by atoms with Crippen molar-refractivity contribution in [2.45, 2.75) is 0 Å². The number of anilines is 1. The Balaban J connectivity index is 1.34. The number of nitrogens with one attached hydrogen (secondary N) is 2. The SMILES string of the molecule is O=C(NC(=S)Nc1ccc2oc(-c3cccc4c(Br)cccc34)nc2c1)c1ccc([N+](=O)[O-])cc1. The fraction of sp³-hybridized carbons (Fsp3) is 0. The normalized spacial score (nSPS) is 10.9. The van der Waals surface area contributed by atoms with Crippen molar-refractivity contribution in [3.05, 3.63) is 99.0 Å². The molecule has 2 N–H and O–H groups in total. The van der Waals surface area contributed by atoms with Crippen LogP contribution in [0.5, 0.6) is 0 Å². The Bertz CT molecular complexity index is 1630. The van der Waals surface area contributed by atoms with Crippen molar-refractivity contribution in [3.63, 3.8) is 0 Å². The van der Waals surface area contributed by atoms with Crippen molar-refractivity contribution < 1.29 is 14.1 Å². The lowest BCUT2D eigenvalue weighted by Crippen LogP contribution is -2.34. The van der Waals surface area contributed by atoms with E-state index in [1.807, 2.05) is 36.4 Å². The maximum atomic E-state index is 12.4. The quantitative estimate of drug-likeness (QED) is 0.151. The van der Waals surface area contributed by atoms with Crippen molar-refractivity contribution in [1.82, 2.24) is 10.3 Å². The molecule has 0 aliphatic carbocycles. The Morgan fingerprint density at radius 2 is 1.74 bits per heavy atom. The number of rotatable bonds is 4. The Hall–Kier alpha value is -4.15. The molecule has 8 nitrogen and oxygen atoms in total. The number of thiocarbonyl (C=S) groups is 1. The Morgan fingerprint density at radius 1 is 1.00 bits per heavy atom. The van der Waals surface area contributed by atoms with Gasteiger partial charge in [0, 0.05) is 33.4 Å². The van der Waals surface area contributed by atoms with E-state index in [1.165, 1.54) is 24.3 Å². The van der Waals surface area contributed by atoms with Gasteiger partial charge in [0.25, 0.3) is 11.6 Å². The number of nitrogens with zero attached hydrogens (tertiary/aromatic N) is 2. The molecule has 0 saturated carbocycles. The first kappa shape index (κ1) is 22.6. The molecule has 35 heavy (non-hydrogen) atoms. The minimum absolute atomic E-state index is 0.0790. The Morgan fingerprint density at radius 3 is 2.51 bits per heavy atom. The summed E-state index contributed by atoms with van der Waals surface area (Å²) in [5.74, 6) is 0.0132. The van der Waals surface area contributed by atoms with Crippen molar-refractivity contribution in [2.24, 2.45) is 0 Å². The highest BCUT2D eigenvalue weighted by atomic mass is 79.9. The summed E-state index contributed by atoms with van der Waals surface area (Å²) in [7, 11) is 0. The highest BCUT2D eigenvalue weighted by Gasteiger charge is 2.14. The van der Waals surface area contributed by atoms with E-state index < -0.39 is 10.8 Å². The van der Waals surface area contributed by atoms with E-state index in [0.29, 0.717) is 22.7 Å². The number of hydrogen-bond acceptors (Lipinski definition) is 6. The molecule has 5 rings (SSSR count). The van der Waals surface area contributed by atoms with Gasteiger partial charge in [0.15, 0.2) is 10.7 Å². The number of aromatic nitrogens is 1. The second kappa shape index (κ2) is 9.24. The summed E-state index contributed by atoms with van der Waals surface area (Å²) in [5.41, 5.74) is 2.88. The van der Waals surface area contributed by atoms with Crippen LogP contribution in [0.15, 0.2) is 87.8 Å². The lowest BCUT2D eigenvalue weighted by molar-refractivity contribution is -0.384.